The molecule has 0 fully saturated rings. The Morgan fingerprint density at radius 3 is 2.56 bits per heavy atom. The van der Waals surface area contributed by atoms with Crippen LogP contribution in [0.5, 0.6) is 5.88 Å². The summed E-state index contributed by atoms with van der Waals surface area (Å²) in [6.07, 6.45) is -3.13. The molecule has 2 aromatic rings. The first-order valence-electron chi connectivity index (χ1n) is 7.80. The van der Waals surface area contributed by atoms with Crippen molar-refractivity contribution in [1.82, 2.24) is 15.6 Å². The van der Waals surface area contributed by atoms with Crippen molar-refractivity contribution in [2.45, 2.75) is 19.3 Å². The van der Waals surface area contributed by atoms with E-state index < -0.39 is 24.4 Å². The molecule has 2 N–H and O–H groups in total. The molecule has 2 rings (SSSR count). The second-order valence-electron chi connectivity index (χ2n) is 5.42. The average Bonchev–Trinajstić information content (AvgIpc) is 2.62. The van der Waals surface area contributed by atoms with E-state index in [0.717, 1.165) is 18.2 Å². The van der Waals surface area contributed by atoms with Gasteiger partial charge in [0.25, 0.3) is 0 Å². The van der Waals surface area contributed by atoms with Gasteiger partial charge in [-0.15, -0.1) is 0 Å². The predicted octanol–water partition coefficient (Wildman–Crippen LogP) is 3.17. The summed E-state index contributed by atoms with van der Waals surface area (Å²) in [5, 5.41) is 5.73. The van der Waals surface area contributed by atoms with Gasteiger partial charge in [0.1, 0.15) is 11.6 Å². The maximum absolute atomic E-state index is 13.6. The third-order valence-electron chi connectivity index (χ3n) is 3.32. The molecule has 0 spiro atoms. The maximum atomic E-state index is 13.6. The summed E-state index contributed by atoms with van der Waals surface area (Å²) in [6, 6.07) is 6.07. The molecule has 146 valence electrons. The van der Waals surface area contributed by atoms with E-state index in [9.17, 15) is 22.0 Å². The Morgan fingerprint density at radius 2 is 1.85 bits per heavy atom. The van der Waals surface area contributed by atoms with E-state index in [0.29, 0.717) is 11.5 Å². The van der Waals surface area contributed by atoms with Gasteiger partial charge in [-0.3, -0.25) is 4.99 Å². The maximum Gasteiger partial charge on any atom is 0.422 e. The molecule has 0 aliphatic carbocycles. The SMILES string of the molecule is CN=C(NCc1ccnc(OCC(F)(F)F)c1)NCc1cc(F)ccc1F. The number of alkyl halides is 3. The number of aliphatic imine (C=N–C) groups is 1. The van der Waals surface area contributed by atoms with Gasteiger partial charge in [0.2, 0.25) is 5.88 Å². The zero-order valence-electron chi connectivity index (χ0n) is 14.3. The highest BCUT2D eigenvalue weighted by Gasteiger charge is 2.28. The molecule has 0 saturated heterocycles. The first-order chi connectivity index (χ1) is 12.8. The van der Waals surface area contributed by atoms with Crippen molar-refractivity contribution >= 4 is 5.96 Å². The van der Waals surface area contributed by atoms with Gasteiger partial charge < -0.3 is 15.4 Å². The number of hydrogen-bond donors (Lipinski definition) is 2. The predicted molar refractivity (Wildman–Crippen MR) is 89.2 cm³/mol. The van der Waals surface area contributed by atoms with Gasteiger partial charge >= 0.3 is 6.18 Å². The van der Waals surface area contributed by atoms with Crippen molar-refractivity contribution in [2.24, 2.45) is 4.99 Å². The highest BCUT2D eigenvalue weighted by atomic mass is 19.4. The van der Waals surface area contributed by atoms with E-state index >= 15 is 0 Å². The smallest absolute Gasteiger partial charge is 0.422 e. The molecule has 27 heavy (non-hydrogen) atoms. The Bertz CT molecular complexity index is 795. The molecular weight excluding hydrogens is 371 g/mol. The third kappa shape index (κ3) is 7.08. The standard InChI is InChI=1S/C17H17F5N4O/c1-23-16(26-9-12-7-13(18)2-3-14(12)19)25-8-11-4-5-24-15(6-11)27-10-17(20,21)22/h2-7H,8-10H2,1H3,(H2,23,25,26). The lowest BCUT2D eigenvalue weighted by molar-refractivity contribution is -0.154. The van der Waals surface area contributed by atoms with E-state index in [1.165, 1.54) is 19.3 Å². The summed E-state index contributed by atoms with van der Waals surface area (Å²) >= 11 is 0. The number of nitrogens with zero attached hydrogens (tertiary/aromatic N) is 2. The molecular formula is C17H17F5N4O. The molecule has 5 nitrogen and oxygen atoms in total. The van der Waals surface area contributed by atoms with Crippen LogP contribution in [0.25, 0.3) is 0 Å². The molecule has 0 bridgehead atoms. The minimum absolute atomic E-state index is 0.000441. The lowest BCUT2D eigenvalue weighted by Gasteiger charge is -2.13. The number of guanidine groups is 1. The largest absolute Gasteiger partial charge is 0.468 e. The topological polar surface area (TPSA) is 58.5 Å². The van der Waals surface area contributed by atoms with Crippen LogP contribution in [0, 0.1) is 11.6 Å². The van der Waals surface area contributed by atoms with Crippen molar-refractivity contribution < 1.29 is 26.7 Å². The van der Waals surface area contributed by atoms with Crippen LogP contribution in [0.4, 0.5) is 22.0 Å². The zero-order valence-corrected chi connectivity index (χ0v) is 14.3. The second-order valence-corrected chi connectivity index (χ2v) is 5.42. The summed E-state index contributed by atoms with van der Waals surface area (Å²) in [4.78, 5) is 7.65. The van der Waals surface area contributed by atoms with Crippen molar-refractivity contribution in [1.29, 1.82) is 0 Å². The van der Waals surface area contributed by atoms with E-state index in [4.69, 9.17) is 0 Å². The molecule has 0 unspecified atom stereocenters. The Morgan fingerprint density at radius 1 is 1.11 bits per heavy atom. The molecule has 0 amide bonds. The number of rotatable bonds is 6. The minimum atomic E-state index is -4.45. The van der Waals surface area contributed by atoms with E-state index in [-0.39, 0.29) is 24.5 Å². The van der Waals surface area contributed by atoms with Gasteiger partial charge in [-0.2, -0.15) is 13.2 Å². The van der Waals surface area contributed by atoms with Crippen LogP contribution in [0.2, 0.25) is 0 Å². The first kappa shape index (κ1) is 20.4. The van der Waals surface area contributed by atoms with E-state index in [1.807, 2.05) is 0 Å². The number of nitrogens with one attached hydrogen (secondary N) is 2. The average molecular weight is 388 g/mol. The van der Waals surface area contributed by atoms with Crippen LogP contribution in [-0.4, -0.2) is 30.8 Å². The van der Waals surface area contributed by atoms with Gasteiger partial charge in [0, 0.05) is 38.0 Å². The van der Waals surface area contributed by atoms with Gasteiger partial charge in [0.05, 0.1) is 0 Å². The molecule has 10 heteroatoms. The quantitative estimate of drug-likeness (QED) is 0.454. The molecule has 0 saturated carbocycles. The summed E-state index contributed by atoms with van der Waals surface area (Å²) in [5.74, 6) is -0.969. The summed E-state index contributed by atoms with van der Waals surface area (Å²) in [5.41, 5.74) is 0.728. The van der Waals surface area contributed by atoms with Gasteiger partial charge in [-0.05, 0) is 29.8 Å². The summed E-state index contributed by atoms with van der Waals surface area (Å²) in [6.45, 7) is -1.23. The van der Waals surface area contributed by atoms with E-state index in [2.05, 4.69) is 25.3 Å². The van der Waals surface area contributed by atoms with Gasteiger partial charge in [0.15, 0.2) is 12.6 Å². The van der Waals surface area contributed by atoms with Crippen molar-refractivity contribution in [3.8, 4) is 5.88 Å². The molecule has 0 radical (unpaired) electrons. The number of aromatic nitrogens is 1. The summed E-state index contributed by atoms with van der Waals surface area (Å²) < 4.78 is 67.9. The fraction of sp³-hybridized carbons (Fsp3) is 0.294. The van der Waals surface area contributed by atoms with Gasteiger partial charge in [-0.25, -0.2) is 13.8 Å². The number of ether oxygens (including phenoxy) is 1. The highest BCUT2D eigenvalue weighted by Crippen LogP contribution is 2.17. The number of hydrogen-bond acceptors (Lipinski definition) is 3. The molecule has 1 aromatic heterocycles. The Labute approximate surface area is 152 Å². The van der Waals surface area contributed by atoms with Crippen LogP contribution < -0.4 is 15.4 Å². The van der Waals surface area contributed by atoms with Crippen LogP contribution in [0.15, 0.2) is 41.5 Å². The Balaban J connectivity index is 1.89. The molecule has 0 aliphatic rings. The first-order valence-corrected chi connectivity index (χ1v) is 7.80. The monoisotopic (exact) mass is 388 g/mol. The normalized spacial score (nSPS) is 12.0. The highest BCUT2D eigenvalue weighted by molar-refractivity contribution is 5.79. The van der Waals surface area contributed by atoms with Crippen LogP contribution in [0.3, 0.4) is 0 Å². The number of pyridine rings is 1. The Kier molecular flexibility index (Phi) is 6.91. The molecule has 1 aromatic carbocycles. The summed E-state index contributed by atoms with van der Waals surface area (Å²) in [7, 11) is 1.49. The second kappa shape index (κ2) is 9.15. The van der Waals surface area contributed by atoms with Crippen molar-refractivity contribution in [3.05, 3.63) is 59.3 Å². The number of benzene rings is 1. The van der Waals surface area contributed by atoms with E-state index in [1.54, 1.807) is 6.07 Å². The molecule has 0 aliphatic heterocycles. The third-order valence-corrected chi connectivity index (χ3v) is 3.32. The minimum Gasteiger partial charge on any atom is -0.468 e. The lowest BCUT2D eigenvalue weighted by Crippen LogP contribution is -2.36. The molecule has 0 atom stereocenters. The van der Waals surface area contributed by atoms with Gasteiger partial charge in [-0.1, -0.05) is 0 Å². The zero-order chi connectivity index (χ0) is 19.9. The number of halogens is 5. The van der Waals surface area contributed by atoms with Crippen molar-refractivity contribution in [2.75, 3.05) is 13.7 Å². The Hall–Kier alpha value is -2.91. The fourth-order valence-electron chi connectivity index (χ4n) is 2.06. The molecule has 1 heterocycles. The van der Waals surface area contributed by atoms with Crippen LogP contribution in [-0.2, 0) is 13.1 Å². The fourth-order valence-corrected chi connectivity index (χ4v) is 2.06. The van der Waals surface area contributed by atoms with Crippen molar-refractivity contribution in [3.63, 3.8) is 0 Å². The van der Waals surface area contributed by atoms with Crippen LogP contribution >= 0.6 is 0 Å². The lowest BCUT2D eigenvalue weighted by atomic mass is 10.2. The van der Waals surface area contributed by atoms with Crippen LogP contribution in [0.1, 0.15) is 11.1 Å².